The van der Waals surface area contributed by atoms with E-state index < -0.39 is 0 Å². The Labute approximate surface area is 161 Å². The van der Waals surface area contributed by atoms with Gasteiger partial charge in [-0.1, -0.05) is 43.3 Å². The Morgan fingerprint density at radius 1 is 1.19 bits per heavy atom. The van der Waals surface area contributed by atoms with Crippen LogP contribution in [0, 0.1) is 5.92 Å². The van der Waals surface area contributed by atoms with Crippen molar-refractivity contribution in [2.24, 2.45) is 11.7 Å². The molecule has 2 unspecified atom stereocenters. The predicted octanol–water partition coefficient (Wildman–Crippen LogP) is 3.89. The van der Waals surface area contributed by atoms with Gasteiger partial charge in [-0.05, 0) is 42.5 Å². The summed E-state index contributed by atoms with van der Waals surface area (Å²) in [4.78, 5) is 14.8. The van der Waals surface area contributed by atoms with E-state index in [9.17, 15) is 4.79 Å². The van der Waals surface area contributed by atoms with Crippen molar-refractivity contribution < 1.29 is 9.53 Å². The van der Waals surface area contributed by atoms with Gasteiger partial charge in [0.05, 0.1) is 0 Å². The number of nitrogens with two attached hydrogens (primary N) is 1. The highest BCUT2D eigenvalue weighted by molar-refractivity contribution is 5.95. The monoisotopic (exact) mass is 374 g/mol. The van der Waals surface area contributed by atoms with Crippen LogP contribution in [0.15, 0.2) is 54.6 Å². The SMILES string of the molecule is CC1CCN(C(=O)c2cccc(OCc3ccccc3)c2)C(CN)C1.Cl. The second-order valence-electron chi connectivity index (χ2n) is 6.82. The van der Waals surface area contributed by atoms with Gasteiger partial charge in [0, 0.05) is 24.7 Å². The molecule has 4 nitrogen and oxygen atoms in total. The van der Waals surface area contributed by atoms with Crippen LogP contribution in [0.3, 0.4) is 0 Å². The lowest BCUT2D eigenvalue weighted by molar-refractivity contribution is 0.0573. The molecule has 1 amide bonds. The van der Waals surface area contributed by atoms with Crippen molar-refractivity contribution in [1.29, 1.82) is 0 Å². The van der Waals surface area contributed by atoms with Crippen LogP contribution < -0.4 is 10.5 Å². The topological polar surface area (TPSA) is 55.6 Å². The van der Waals surface area contributed by atoms with E-state index in [1.54, 1.807) is 0 Å². The van der Waals surface area contributed by atoms with Gasteiger partial charge in [0.1, 0.15) is 12.4 Å². The van der Waals surface area contributed by atoms with Crippen LogP contribution in [-0.2, 0) is 6.61 Å². The summed E-state index contributed by atoms with van der Waals surface area (Å²) in [6.45, 7) is 4.00. The summed E-state index contributed by atoms with van der Waals surface area (Å²) < 4.78 is 5.85. The molecule has 2 aromatic rings. The number of likely N-dealkylation sites (tertiary alicyclic amines) is 1. The molecule has 0 bridgehead atoms. The van der Waals surface area contributed by atoms with Crippen LogP contribution in [0.2, 0.25) is 0 Å². The second kappa shape index (κ2) is 9.60. The lowest BCUT2D eigenvalue weighted by Crippen LogP contribution is -2.49. The molecule has 1 aliphatic heterocycles. The van der Waals surface area contributed by atoms with Crippen molar-refractivity contribution in [3.05, 3.63) is 65.7 Å². The van der Waals surface area contributed by atoms with Gasteiger partial charge in [-0.3, -0.25) is 4.79 Å². The zero-order valence-electron chi connectivity index (χ0n) is 15.1. The summed E-state index contributed by atoms with van der Waals surface area (Å²) in [5, 5.41) is 0. The first-order chi connectivity index (χ1) is 12.2. The Kier molecular flexibility index (Phi) is 7.49. The molecule has 0 aliphatic carbocycles. The molecule has 1 saturated heterocycles. The number of hydrogen-bond donors (Lipinski definition) is 1. The first kappa shape index (κ1) is 20.3. The molecule has 2 aromatic carbocycles. The van der Waals surface area contributed by atoms with E-state index in [-0.39, 0.29) is 24.4 Å². The maximum Gasteiger partial charge on any atom is 0.254 e. The molecule has 1 heterocycles. The van der Waals surface area contributed by atoms with Crippen LogP contribution in [0.4, 0.5) is 0 Å². The van der Waals surface area contributed by atoms with E-state index in [4.69, 9.17) is 10.5 Å². The number of halogens is 1. The standard InChI is InChI=1S/C21H26N2O2.ClH/c1-16-10-11-23(19(12-16)14-22)21(24)18-8-5-9-20(13-18)25-15-17-6-3-2-4-7-17;/h2-9,13,16,19H,10-12,14-15,22H2,1H3;1H. The Bertz CT molecular complexity index is 708. The summed E-state index contributed by atoms with van der Waals surface area (Å²) in [6, 6.07) is 17.6. The van der Waals surface area contributed by atoms with Gasteiger partial charge >= 0.3 is 0 Å². The quantitative estimate of drug-likeness (QED) is 0.863. The fourth-order valence-electron chi connectivity index (χ4n) is 3.37. The molecule has 2 atom stereocenters. The van der Waals surface area contributed by atoms with Gasteiger partial charge in [0.15, 0.2) is 0 Å². The average Bonchev–Trinajstić information content (AvgIpc) is 2.67. The fraction of sp³-hybridized carbons (Fsp3) is 0.381. The van der Waals surface area contributed by atoms with Gasteiger partial charge < -0.3 is 15.4 Å². The molecule has 140 valence electrons. The lowest BCUT2D eigenvalue weighted by Gasteiger charge is -2.38. The summed E-state index contributed by atoms with van der Waals surface area (Å²) in [5.74, 6) is 1.38. The number of nitrogens with zero attached hydrogens (tertiary/aromatic N) is 1. The van der Waals surface area contributed by atoms with Crippen molar-refractivity contribution in [3.8, 4) is 5.75 Å². The summed E-state index contributed by atoms with van der Waals surface area (Å²) in [7, 11) is 0. The number of benzene rings is 2. The maximum absolute atomic E-state index is 12.9. The Balaban J connectivity index is 0.00000243. The minimum absolute atomic E-state index is 0. The molecule has 0 spiro atoms. The van der Waals surface area contributed by atoms with Crippen LogP contribution in [-0.4, -0.2) is 29.9 Å². The van der Waals surface area contributed by atoms with Crippen molar-refractivity contribution in [3.63, 3.8) is 0 Å². The predicted molar refractivity (Wildman–Crippen MR) is 107 cm³/mol. The zero-order chi connectivity index (χ0) is 17.6. The van der Waals surface area contributed by atoms with E-state index >= 15 is 0 Å². The molecule has 0 aromatic heterocycles. The highest BCUT2D eigenvalue weighted by Gasteiger charge is 2.29. The minimum atomic E-state index is 0. The normalized spacial score (nSPS) is 19.5. The Hall–Kier alpha value is -2.04. The molecule has 3 rings (SSSR count). The van der Waals surface area contributed by atoms with E-state index in [1.807, 2.05) is 59.5 Å². The number of piperidine rings is 1. The number of ether oxygens (including phenoxy) is 1. The molecule has 5 heteroatoms. The molecule has 0 radical (unpaired) electrons. The van der Waals surface area contributed by atoms with Gasteiger partial charge in [0.25, 0.3) is 5.91 Å². The van der Waals surface area contributed by atoms with Crippen molar-refractivity contribution in [2.45, 2.75) is 32.4 Å². The summed E-state index contributed by atoms with van der Waals surface area (Å²) in [6.07, 6.45) is 2.01. The first-order valence-corrected chi connectivity index (χ1v) is 8.95. The fourth-order valence-corrected chi connectivity index (χ4v) is 3.37. The number of rotatable bonds is 5. The third-order valence-corrected chi connectivity index (χ3v) is 4.84. The van der Waals surface area contributed by atoms with Gasteiger partial charge in [-0.25, -0.2) is 0 Å². The highest BCUT2D eigenvalue weighted by Crippen LogP contribution is 2.25. The number of amides is 1. The highest BCUT2D eigenvalue weighted by atomic mass is 35.5. The largest absolute Gasteiger partial charge is 0.489 e. The molecular formula is C21H27ClN2O2. The van der Waals surface area contributed by atoms with E-state index in [2.05, 4.69) is 6.92 Å². The van der Waals surface area contributed by atoms with Crippen LogP contribution in [0.5, 0.6) is 5.75 Å². The molecule has 0 saturated carbocycles. The third-order valence-electron chi connectivity index (χ3n) is 4.84. The van der Waals surface area contributed by atoms with Crippen LogP contribution in [0.1, 0.15) is 35.7 Å². The smallest absolute Gasteiger partial charge is 0.254 e. The Morgan fingerprint density at radius 2 is 1.96 bits per heavy atom. The first-order valence-electron chi connectivity index (χ1n) is 8.95. The molecule has 26 heavy (non-hydrogen) atoms. The van der Waals surface area contributed by atoms with Gasteiger partial charge in [0.2, 0.25) is 0 Å². The van der Waals surface area contributed by atoms with E-state index in [0.717, 1.165) is 24.9 Å². The lowest BCUT2D eigenvalue weighted by atomic mass is 9.92. The average molecular weight is 375 g/mol. The third kappa shape index (κ3) is 4.99. The number of carbonyl (C=O) groups excluding carboxylic acids is 1. The van der Waals surface area contributed by atoms with Crippen molar-refractivity contribution in [2.75, 3.05) is 13.1 Å². The summed E-state index contributed by atoms with van der Waals surface area (Å²) in [5.41, 5.74) is 7.66. The van der Waals surface area contributed by atoms with Crippen LogP contribution in [0.25, 0.3) is 0 Å². The maximum atomic E-state index is 12.9. The van der Waals surface area contributed by atoms with E-state index in [0.29, 0.717) is 30.4 Å². The molecule has 1 fully saturated rings. The Morgan fingerprint density at radius 3 is 2.69 bits per heavy atom. The van der Waals surface area contributed by atoms with Crippen molar-refractivity contribution >= 4 is 18.3 Å². The zero-order valence-corrected chi connectivity index (χ0v) is 16.0. The van der Waals surface area contributed by atoms with Gasteiger partial charge in [-0.15, -0.1) is 12.4 Å². The number of carbonyl (C=O) groups is 1. The van der Waals surface area contributed by atoms with E-state index in [1.165, 1.54) is 0 Å². The number of hydrogen-bond acceptors (Lipinski definition) is 3. The molecular weight excluding hydrogens is 348 g/mol. The van der Waals surface area contributed by atoms with Crippen LogP contribution >= 0.6 is 12.4 Å². The van der Waals surface area contributed by atoms with Crippen molar-refractivity contribution in [1.82, 2.24) is 4.90 Å². The second-order valence-corrected chi connectivity index (χ2v) is 6.82. The molecule has 1 aliphatic rings. The van der Waals surface area contributed by atoms with Gasteiger partial charge in [-0.2, -0.15) is 0 Å². The summed E-state index contributed by atoms with van der Waals surface area (Å²) >= 11 is 0. The minimum Gasteiger partial charge on any atom is -0.489 e. The molecule has 2 N–H and O–H groups in total.